The summed E-state index contributed by atoms with van der Waals surface area (Å²) < 4.78 is 11.2. The molecule has 0 amide bonds. The number of hydrogen-bond donors (Lipinski definition) is 1. The number of rotatable bonds is 5. The van der Waals surface area contributed by atoms with Crippen molar-refractivity contribution in [2.24, 2.45) is 0 Å². The zero-order valence-corrected chi connectivity index (χ0v) is 14.2. The molecule has 1 radical (unpaired) electrons. The molecule has 1 aliphatic carbocycles. The van der Waals surface area contributed by atoms with E-state index in [9.17, 15) is 0 Å². The Morgan fingerprint density at radius 3 is 2.64 bits per heavy atom. The van der Waals surface area contributed by atoms with Gasteiger partial charge >= 0.3 is 0 Å². The smallest absolute Gasteiger partial charge is 0.159 e. The molecular formula is C18H20NO2Rh-. The third-order valence-corrected chi connectivity index (χ3v) is 4.02. The van der Waals surface area contributed by atoms with Gasteiger partial charge in [-0.05, 0) is 48.7 Å². The van der Waals surface area contributed by atoms with Crippen LogP contribution in [0.5, 0.6) is 11.5 Å². The van der Waals surface area contributed by atoms with Crippen molar-refractivity contribution in [2.45, 2.75) is 25.5 Å². The van der Waals surface area contributed by atoms with Crippen LogP contribution >= 0.6 is 0 Å². The van der Waals surface area contributed by atoms with Crippen LogP contribution in [0.2, 0.25) is 0 Å². The second-order valence-electron chi connectivity index (χ2n) is 5.30. The Hall–Kier alpha value is -1.38. The average Bonchev–Trinajstić information content (AvgIpc) is 2.94. The van der Waals surface area contributed by atoms with E-state index in [2.05, 4.69) is 36.7 Å². The quantitative estimate of drug-likeness (QED) is 0.630. The Kier molecular flexibility index (Phi) is 5.99. The van der Waals surface area contributed by atoms with Crippen molar-refractivity contribution in [1.82, 2.24) is 5.32 Å². The zero-order valence-electron chi connectivity index (χ0n) is 12.6. The monoisotopic (exact) mass is 385 g/mol. The topological polar surface area (TPSA) is 30.5 Å². The van der Waals surface area contributed by atoms with Gasteiger partial charge < -0.3 is 14.8 Å². The Bertz CT molecular complexity index is 616. The van der Waals surface area contributed by atoms with Gasteiger partial charge in [-0.2, -0.15) is 7.11 Å². The standard InChI is InChI=1S/C18H20NO2.Rh/c1-19-16-9-8-14-10-17(20-2)18(11-15(14)16)21-12-13-6-4-3-5-7-13;/h3-7,10-11,16,19H,2,8-9,12H2,1H3;/q-1;. The normalized spacial score (nSPS) is 15.8. The molecule has 0 spiro atoms. The molecule has 22 heavy (non-hydrogen) atoms. The number of hydrogen-bond acceptors (Lipinski definition) is 3. The second-order valence-corrected chi connectivity index (χ2v) is 5.30. The Morgan fingerprint density at radius 2 is 1.95 bits per heavy atom. The van der Waals surface area contributed by atoms with Gasteiger partial charge in [-0.25, -0.2) is 0 Å². The molecular weight excluding hydrogens is 365 g/mol. The van der Waals surface area contributed by atoms with Crippen molar-refractivity contribution in [3.05, 3.63) is 66.3 Å². The number of fused-ring (bicyclic) bond motifs is 1. The van der Waals surface area contributed by atoms with Crippen molar-refractivity contribution in [2.75, 3.05) is 7.05 Å². The molecule has 2 aromatic rings. The minimum atomic E-state index is 0. The van der Waals surface area contributed by atoms with Crippen LogP contribution in [-0.4, -0.2) is 7.05 Å². The van der Waals surface area contributed by atoms with E-state index in [1.807, 2.05) is 25.2 Å². The molecule has 0 aliphatic heterocycles. The first kappa shape index (κ1) is 17.0. The van der Waals surface area contributed by atoms with E-state index in [1.54, 1.807) is 0 Å². The van der Waals surface area contributed by atoms with Crippen molar-refractivity contribution >= 4 is 0 Å². The first-order valence-corrected chi connectivity index (χ1v) is 7.24. The van der Waals surface area contributed by atoms with Gasteiger partial charge in [0.15, 0.2) is 5.75 Å². The van der Waals surface area contributed by atoms with Gasteiger partial charge in [0.05, 0.1) is 0 Å². The van der Waals surface area contributed by atoms with Crippen LogP contribution in [0.1, 0.15) is 29.2 Å². The maximum Gasteiger partial charge on any atom is 0.159 e. The molecule has 119 valence electrons. The first-order valence-electron chi connectivity index (χ1n) is 7.24. The molecule has 1 atom stereocenters. The number of ether oxygens (including phenoxy) is 2. The van der Waals surface area contributed by atoms with Crippen molar-refractivity contribution < 1.29 is 29.0 Å². The second kappa shape index (κ2) is 7.76. The summed E-state index contributed by atoms with van der Waals surface area (Å²) in [5.74, 6) is 1.47. The molecule has 3 rings (SSSR count). The number of nitrogens with one attached hydrogen (secondary N) is 1. The maximum absolute atomic E-state index is 5.94. The van der Waals surface area contributed by atoms with Crippen molar-refractivity contribution in [3.63, 3.8) is 0 Å². The van der Waals surface area contributed by atoms with Crippen LogP contribution in [0.15, 0.2) is 42.5 Å². The van der Waals surface area contributed by atoms with Crippen LogP contribution in [0.3, 0.4) is 0 Å². The molecule has 3 nitrogen and oxygen atoms in total. The van der Waals surface area contributed by atoms with Gasteiger partial charge in [-0.3, -0.25) is 0 Å². The van der Waals surface area contributed by atoms with Gasteiger partial charge in [-0.15, -0.1) is 0 Å². The van der Waals surface area contributed by atoms with E-state index < -0.39 is 0 Å². The van der Waals surface area contributed by atoms with E-state index in [1.165, 1.54) is 11.1 Å². The summed E-state index contributed by atoms with van der Waals surface area (Å²) in [5, 5.41) is 3.35. The number of aryl methyl sites for hydroxylation is 1. The zero-order chi connectivity index (χ0) is 14.7. The predicted molar refractivity (Wildman–Crippen MR) is 83.3 cm³/mol. The van der Waals surface area contributed by atoms with Crippen LogP contribution < -0.4 is 14.8 Å². The maximum atomic E-state index is 5.94. The van der Waals surface area contributed by atoms with Crippen LogP contribution in [0.25, 0.3) is 0 Å². The van der Waals surface area contributed by atoms with Crippen LogP contribution in [0, 0.1) is 7.11 Å². The molecule has 0 fully saturated rings. The Labute approximate surface area is 144 Å². The van der Waals surface area contributed by atoms with E-state index in [0.717, 1.165) is 24.2 Å². The van der Waals surface area contributed by atoms with E-state index >= 15 is 0 Å². The molecule has 1 aliphatic rings. The molecule has 1 N–H and O–H groups in total. The molecule has 4 heteroatoms. The average molecular weight is 385 g/mol. The van der Waals surface area contributed by atoms with Crippen LogP contribution in [-0.2, 0) is 32.5 Å². The Balaban J connectivity index is 0.00000176. The van der Waals surface area contributed by atoms with Gasteiger partial charge in [-0.1, -0.05) is 30.3 Å². The largest absolute Gasteiger partial charge is 0.663 e. The predicted octanol–water partition coefficient (Wildman–Crippen LogP) is 3.64. The summed E-state index contributed by atoms with van der Waals surface area (Å²) in [5.41, 5.74) is 3.76. The van der Waals surface area contributed by atoms with Gasteiger partial charge in [0.2, 0.25) is 0 Å². The molecule has 0 aromatic heterocycles. The summed E-state index contributed by atoms with van der Waals surface area (Å²) in [6, 6.07) is 14.7. The summed E-state index contributed by atoms with van der Waals surface area (Å²) in [7, 11) is 5.54. The van der Waals surface area contributed by atoms with E-state index in [4.69, 9.17) is 9.47 Å². The van der Waals surface area contributed by atoms with E-state index in [0.29, 0.717) is 18.4 Å². The van der Waals surface area contributed by atoms with E-state index in [-0.39, 0.29) is 19.5 Å². The molecule has 0 heterocycles. The van der Waals surface area contributed by atoms with Gasteiger partial charge in [0, 0.05) is 25.5 Å². The summed E-state index contributed by atoms with van der Waals surface area (Å²) in [6.45, 7) is 0.528. The molecule has 0 saturated carbocycles. The van der Waals surface area contributed by atoms with Crippen molar-refractivity contribution in [1.29, 1.82) is 0 Å². The SMILES string of the molecule is [CH2-]Oc1cc2c(cc1OCc1ccccc1)C(NC)CC2.[Rh]. The van der Waals surface area contributed by atoms with Crippen LogP contribution in [0.4, 0.5) is 0 Å². The minimum absolute atomic E-state index is 0. The fourth-order valence-electron chi connectivity index (χ4n) is 2.87. The molecule has 0 bridgehead atoms. The molecule has 0 saturated heterocycles. The number of benzene rings is 2. The fourth-order valence-corrected chi connectivity index (χ4v) is 2.87. The van der Waals surface area contributed by atoms with Gasteiger partial charge in [0.1, 0.15) is 12.4 Å². The van der Waals surface area contributed by atoms with Crippen molar-refractivity contribution in [3.8, 4) is 11.5 Å². The third-order valence-electron chi connectivity index (χ3n) is 4.02. The van der Waals surface area contributed by atoms with Gasteiger partial charge in [0.25, 0.3) is 0 Å². The Morgan fingerprint density at radius 1 is 1.18 bits per heavy atom. The molecule has 2 aromatic carbocycles. The first-order chi connectivity index (χ1) is 10.3. The summed E-state index contributed by atoms with van der Waals surface area (Å²) in [6.07, 6.45) is 2.18. The third kappa shape index (κ3) is 3.50. The fraction of sp³-hybridized carbons (Fsp3) is 0.278. The minimum Gasteiger partial charge on any atom is -0.663 e. The molecule has 1 unspecified atom stereocenters. The summed E-state index contributed by atoms with van der Waals surface area (Å²) in [4.78, 5) is 0. The summed E-state index contributed by atoms with van der Waals surface area (Å²) >= 11 is 0.